The molecule has 2 rings (SSSR count). The van der Waals surface area contributed by atoms with Gasteiger partial charge in [0.2, 0.25) is 5.91 Å². The molecule has 1 aromatic carbocycles. The van der Waals surface area contributed by atoms with Gasteiger partial charge in [0.15, 0.2) is 0 Å². The molecule has 0 saturated carbocycles. The Balaban J connectivity index is 2.05. The van der Waals surface area contributed by atoms with Gasteiger partial charge in [0.25, 0.3) is 0 Å². The van der Waals surface area contributed by atoms with Gasteiger partial charge in [0, 0.05) is 24.6 Å². The molecule has 1 aliphatic carbocycles. The topological polar surface area (TPSA) is 92.7 Å². The molecular formula is C34H45NO5. The Morgan fingerprint density at radius 3 is 2.52 bits per heavy atom. The lowest BCUT2D eigenvalue weighted by molar-refractivity contribution is -0.137. The van der Waals surface area contributed by atoms with Crippen LogP contribution in [0.4, 0.5) is 5.69 Å². The number of amides is 1. The van der Waals surface area contributed by atoms with E-state index in [4.69, 9.17) is 9.84 Å². The number of hydrogen-bond acceptors (Lipinski definition) is 4. The highest BCUT2D eigenvalue weighted by atomic mass is 16.5. The first-order chi connectivity index (χ1) is 18.9. The minimum Gasteiger partial charge on any atom is -0.481 e. The van der Waals surface area contributed by atoms with Crippen LogP contribution in [0.3, 0.4) is 0 Å². The number of carbonyl (C=O) groups excluding carboxylic acids is 2. The van der Waals surface area contributed by atoms with Crippen LogP contribution < -0.4 is 10.1 Å². The van der Waals surface area contributed by atoms with E-state index in [1.807, 2.05) is 32.1 Å². The second-order valence-electron chi connectivity index (χ2n) is 11.2. The van der Waals surface area contributed by atoms with Crippen molar-refractivity contribution in [3.63, 3.8) is 0 Å². The third-order valence-corrected chi connectivity index (χ3v) is 6.98. The standard InChI is InChI=1S/C34H45NO5/c1-7-11-33(39)40-30-20-18-28(23-27(30)15-9-16-32(37)38)35-31(36)22-25(3)13-8-12-24(2)17-19-29-26(4)14-10-21-34(29,5)6/h8,12-13,17-20,22-23H,7,9-11,14-16,21H2,1-6H3,(H,35,36)(H,37,38). The Hall–Kier alpha value is -3.67. The third-order valence-electron chi connectivity index (χ3n) is 6.98. The van der Waals surface area contributed by atoms with E-state index in [0.29, 0.717) is 42.7 Å². The van der Waals surface area contributed by atoms with Gasteiger partial charge in [-0.25, -0.2) is 0 Å². The summed E-state index contributed by atoms with van der Waals surface area (Å²) in [5.41, 5.74) is 6.27. The average molecular weight is 548 g/mol. The van der Waals surface area contributed by atoms with Crippen LogP contribution in [0, 0.1) is 5.41 Å². The lowest BCUT2D eigenvalue weighted by Crippen LogP contribution is -2.19. The summed E-state index contributed by atoms with van der Waals surface area (Å²) < 4.78 is 5.47. The number of aliphatic carboxylic acids is 1. The van der Waals surface area contributed by atoms with Crippen molar-refractivity contribution in [2.75, 3.05) is 5.32 Å². The molecule has 0 aromatic heterocycles. The average Bonchev–Trinajstić information content (AvgIpc) is 2.84. The Morgan fingerprint density at radius 1 is 1.10 bits per heavy atom. The number of anilines is 1. The van der Waals surface area contributed by atoms with Crippen molar-refractivity contribution in [1.29, 1.82) is 0 Å². The van der Waals surface area contributed by atoms with Crippen LogP contribution in [-0.4, -0.2) is 23.0 Å². The quantitative estimate of drug-likeness (QED) is 0.112. The first kappa shape index (κ1) is 32.5. The number of aryl methyl sites for hydroxylation is 1. The Morgan fingerprint density at radius 2 is 1.85 bits per heavy atom. The Labute approximate surface area is 239 Å². The molecule has 0 radical (unpaired) electrons. The van der Waals surface area contributed by atoms with Crippen LogP contribution in [0.2, 0.25) is 0 Å². The lowest BCUT2D eigenvalue weighted by atomic mass is 9.72. The summed E-state index contributed by atoms with van der Waals surface area (Å²) in [6, 6.07) is 5.05. The normalized spacial score (nSPS) is 16.1. The van der Waals surface area contributed by atoms with E-state index >= 15 is 0 Å². The van der Waals surface area contributed by atoms with Gasteiger partial charge in [-0.1, -0.05) is 62.3 Å². The van der Waals surface area contributed by atoms with Gasteiger partial charge < -0.3 is 15.2 Å². The maximum atomic E-state index is 12.6. The molecule has 1 aromatic rings. The number of benzene rings is 1. The van der Waals surface area contributed by atoms with E-state index in [9.17, 15) is 14.4 Å². The number of hydrogen-bond donors (Lipinski definition) is 2. The van der Waals surface area contributed by atoms with Crippen molar-refractivity contribution in [1.82, 2.24) is 0 Å². The zero-order chi connectivity index (χ0) is 29.7. The SMILES string of the molecule is CCCC(=O)Oc1ccc(NC(=O)C=C(C)C=CC=C(C)C=CC2=C(C)CCCC2(C)C)cc1CCCC(=O)O. The molecule has 1 amide bonds. The molecule has 0 saturated heterocycles. The smallest absolute Gasteiger partial charge is 0.311 e. The van der Waals surface area contributed by atoms with Crippen molar-refractivity contribution in [3.8, 4) is 5.75 Å². The van der Waals surface area contributed by atoms with E-state index in [0.717, 1.165) is 11.1 Å². The predicted molar refractivity (Wildman–Crippen MR) is 162 cm³/mol. The molecule has 0 heterocycles. The van der Waals surface area contributed by atoms with Crippen molar-refractivity contribution < 1.29 is 24.2 Å². The molecule has 0 unspecified atom stereocenters. The van der Waals surface area contributed by atoms with Crippen LogP contribution >= 0.6 is 0 Å². The zero-order valence-electron chi connectivity index (χ0n) is 24.9. The number of carboxylic acid groups (broad SMARTS) is 1. The summed E-state index contributed by atoms with van der Waals surface area (Å²) >= 11 is 0. The highest BCUT2D eigenvalue weighted by Crippen LogP contribution is 2.40. The van der Waals surface area contributed by atoms with E-state index in [1.54, 1.807) is 18.2 Å². The van der Waals surface area contributed by atoms with Gasteiger partial charge in [0.05, 0.1) is 0 Å². The Kier molecular flexibility index (Phi) is 12.9. The fraction of sp³-hybridized carbons (Fsp3) is 0.441. The highest BCUT2D eigenvalue weighted by Gasteiger charge is 2.26. The highest BCUT2D eigenvalue weighted by molar-refractivity contribution is 6.00. The number of nitrogens with one attached hydrogen (secondary N) is 1. The molecule has 0 fully saturated rings. The molecule has 40 heavy (non-hydrogen) atoms. The Bertz CT molecular complexity index is 1230. The van der Waals surface area contributed by atoms with Crippen LogP contribution in [0.15, 0.2) is 76.9 Å². The van der Waals surface area contributed by atoms with E-state index in [-0.39, 0.29) is 23.7 Å². The molecule has 0 atom stereocenters. The number of ether oxygens (including phenoxy) is 1. The van der Waals surface area contributed by atoms with Gasteiger partial charge in [-0.2, -0.15) is 0 Å². The number of rotatable bonds is 13. The maximum absolute atomic E-state index is 12.6. The van der Waals surface area contributed by atoms with Crippen LogP contribution in [0.5, 0.6) is 5.75 Å². The first-order valence-electron chi connectivity index (χ1n) is 14.2. The summed E-state index contributed by atoms with van der Waals surface area (Å²) in [7, 11) is 0. The first-order valence-corrected chi connectivity index (χ1v) is 14.2. The lowest BCUT2D eigenvalue weighted by Gasteiger charge is -2.32. The van der Waals surface area contributed by atoms with Gasteiger partial charge in [0.1, 0.15) is 5.75 Å². The summed E-state index contributed by atoms with van der Waals surface area (Å²) in [5, 5.41) is 11.8. The molecular weight excluding hydrogens is 502 g/mol. The summed E-state index contributed by atoms with van der Waals surface area (Å²) in [4.78, 5) is 35.6. The minimum atomic E-state index is -0.885. The van der Waals surface area contributed by atoms with Crippen LogP contribution in [-0.2, 0) is 20.8 Å². The molecule has 6 nitrogen and oxygen atoms in total. The van der Waals surface area contributed by atoms with Crippen molar-refractivity contribution in [3.05, 3.63) is 82.5 Å². The van der Waals surface area contributed by atoms with E-state index < -0.39 is 5.97 Å². The second kappa shape index (κ2) is 15.8. The number of carboxylic acids is 1. The minimum absolute atomic E-state index is 0.00635. The monoisotopic (exact) mass is 547 g/mol. The van der Waals surface area contributed by atoms with Crippen molar-refractivity contribution in [2.45, 2.75) is 92.9 Å². The van der Waals surface area contributed by atoms with Gasteiger partial charge >= 0.3 is 11.9 Å². The van der Waals surface area contributed by atoms with Gasteiger partial charge in [-0.3, -0.25) is 14.4 Å². The fourth-order valence-electron chi connectivity index (χ4n) is 4.83. The predicted octanol–water partition coefficient (Wildman–Crippen LogP) is 8.27. The van der Waals surface area contributed by atoms with Gasteiger partial charge in [-0.15, -0.1) is 0 Å². The number of allylic oxidation sites excluding steroid dienone is 9. The molecule has 0 bridgehead atoms. The van der Waals surface area contributed by atoms with Crippen LogP contribution in [0.1, 0.15) is 92.1 Å². The largest absolute Gasteiger partial charge is 0.481 e. The van der Waals surface area contributed by atoms with E-state index in [1.165, 1.54) is 36.5 Å². The van der Waals surface area contributed by atoms with Gasteiger partial charge in [-0.05, 0) is 99.6 Å². The van der Waals surface area contributed by atoms with E-state index in [2.05, 4.69) is 45.2 Å². The van der Waals surface area contributed by atoms with Crippen molar-refractivity contribution in [2.24, 2.45) is 5.41 Å². The zero-order valence-corrected chi connectivity index (χ0v) is 24.9. The summed E-state index contributed by atoms with van der Waals surface area (Å²) in [6.45, 7) is 12.7. The fourth-order valence-corrected chi connectivity index (χ4v) is 4.83. The maximum Gasteiger partial charge on any atom is 0.311 e. The molecule has 2 N–H and O–H groups in total. The number of esters is 1. The number of carbonyl (C=O) groups is 3. The third kappa shape index (κ3) is 11.2. The molecule has 0 aliphatic heterocycles. The molecule has 0 spiro atoms. The molecule has 216 valence electrons. The molecule has 1 aliphatic rings. The molecule has 6 heteroatoms. The summed E-state index contributed by atoms with van der Waals surface area (Å²) in [6.07, 6.45) is 17.2. The van der Waals surface area contributed by atoms with Crippen LogP contribution in [0.25, 0.3) is 0 Å². The second-order valence-corrected chi connectivity index (χ2v) is 11.2. The summed E-state index contributed by atoms with van der Waals surface area (Å²) in [5.74, 6) is -1.11. The van der Waals surface area contributed by atoms with Crippen molar-refractivity contribution >= 4 is 23.5 Å².